The van der Waals surface area contributed by atoms with Crippen molar-refractivity contribution in [3.8, 4) is 0 Å². The molecule has 2 heteroatoms. The minimum Gasteiger partial charge on any atom is -0.311 e. The van der Waals surface area contributed by atoms with Crippen LogP contribution < -0.4 is 5.32 Å². The fourth-order valence-corrected chi connectivity index (χ4v) is 2.05. The highest BCUT2D eigenvalue weighted by molar-refractivity contribution is 7.99. The Morgan fingerprint density at radius 3 is 2.21 bits per heavy atom. The zero-order chi connectivity index (χ0) is 11.2. The molecule has 0 saturated carbocycles. The summed E-state index contributed by atoms with van der Waals surface area (Å²) in [6.45, 7) is 14.7. The van der Waals surface area contributed by atoms with Crippen LogP contribution in [0, 0.1) is 5.92 Å². The predicted molar refractivity (Wildman–Crippen MR) is 69.1 cm³/mol. The number of rotatable bonds is 6. The molecule has 0 aromatic rings. The summed E-state index contributed by atoms with van der Waals surface area (Å²) < 4.78 is 0. The molecule has 0 aromatic carbocycles. The number of hydrogen-bond acceptors (Lipinski definition) is 2. The third kappa shape index (κ3) is 8.89. The van der Waals surface area contributed by atoms with Crippen molar-refractivity contribution in [2.75, 3.05) is 12.3 Å². The van der Waals surface area contributed by atoms with Crippen molar-refractivity contribution < 1.29 is 0 Å². The Morgan fingerprint density at radius 2 is 1.79 bits per heavy atom. The molecule has 0 bridgehead atoms. The SMILES string of the molecule is CCC(C)CSC(C)CNC(C)(C)C. The molecule has 0 heterocycles. The largest absolute Gasteiger partial charge is 0.311 e. The smallest absolute Gasteiger partial charge is 0.0144 e. The van der Waals surface area contributed by atoms with Gasteiger partial charge in [0.1, 0.15) is 0 Å². The third-order valence-electron chi connectivity index (χ3n) is 2.28. The molecule has 0 amide bonds. The second-order valence-corrected chi connectivity index (χ2v) is 6.76. The predicted octanol–water partition coefficient (Wildman–Crippen LogP) is 3.54. The van der Waals surface area contributed by atoms with Crippen molar-refractivity contribution in [2.24, 2.45) is 5.92 Å². The van der Waals surface area contributed by atoms with Crippen molar-refractivity contribution >= 4 is 11.8 Å². The number of thioether (sulfide) groups is 1. The molecule has 0 aliphatic heterocycles. The van der Waals surface area contributed by atoms with Crippen LogP contribution in [0.2, 0.25) is 0 Å². The Labute approximate surface area is 94.4 Å². The molecule has 86 valence electrons. The van der Waals surface area contributed by atoms with Crippen LogP contribution in [-0.4, -0.2) is 23.1 Å². The first-order chi connectivity index (χ1) is 6.35. The van der Waals surface area contributed by atoms with Gasteiger partial charge in [0.25, 0.3) is 0 Å². The second kappa shape index (κ2) is 6.73. The first-order valence-electron chi connectivity index (χ1n) is 5.71. The fraction of sp³-hybridized carbons (Fsp3) is 1.00. The third-order valence-corrected chi connectivity index (χ3v) is 3.78. The molecule has 1 nitrogen and oxygen atoms in total. The summed E-state index contributed by atoms with van der Waals surface area (Å²) in [5.41, 5.74) is 0.255. The lowest BCUT2D eigenvalue weighted by Gasteiger charge is -2.23. The molecule has 14 heavy (non-hydrogen) atoms. The van der Waals surface area contributed by atoms with Crippen LogP contribution >= 0.6 is 11.8 Å². The van der Waals surface area contributed by atoms with E-state index in [1.165, 1.54) is 12.2 Å². The summed E-state index contributed by atoms with van der Waals surface area (Å²) in [4.78, 5) is 0. The average Bonchev–Trinajstić information content (AvgIpc) is 2.09. The lowest BCUT2D eigenvalue weighted by molar-refractivity contribution is 0.429. The first kappa shape index (κ1) is 14.3. The van der Waals surface area contributed by atoms with E-state index in [1.54, 1.807) is 0 Å². The molecule has 0 aliphatic carbocycles. The van der Waals surface area contributed by atoms with Crippen LogP contribution in [0.25, 0.3) is 0 Å². The van der Waals surface area contributed by atoms with Gasteiger partial charge < -0.3 is 5.32 Å². The molecule has 2 unspecified atom stereocenters. The van der Waals surface area contributed by atoms with E-state index in [0.29, 0.717) is 0 Å². The summed E-state index contributed by atoms with van der Waals surface area (Å²) >= 11 is 2.09. The minimum absolute atomic E-state index is 0.255. The molecule has 0 aliphatic rings. The minimum atomic E-state index is 0.255. The monoisotopic (exact) mass is 217 g/mol. The van der Waals surface area contributed by atoms with Gasteiger partial charge in [0, 0.05) is 17.3 Å². The second-order valence-electron chi connectivity index (χ2n) is 5.29. The highest BCUT2D eigenvalue weighted by Crippen LogP contribution is 2.16. The molecule has 1 N–H and O–H groups in total. The Balaban J connectivity index is 3.51. The molecule has 0 saturated heterocycles. The molecule has 2 atom stereocenters. The van der Waals surface area contributed by atoms with Gasteiger partial charge in [0.15, 0.2) is 0 Å². The maximum Gasteiger partial charge on any atom is 0.0144 e. The van der Waals surface area contributed by atoms with Gasteiger partial charge in [-0.3, -0.25) is 0 Å². The van der Waals surface area contributed by atoms with Gasteiger partial charge in [-0.25, -0.2) is 0 Å². The average molecular weight is 217 g/mol. The van der Waals surface area contributed by atoms with Gasteiger partial charge in [-0.15, -0.1) is 0 Å². The molecular weight excluding hydrogens is 190 g/mol. The van der Waals surface area contributed by atoms with Crippen molar-refractivity contribution in [3.05, 3.63) is 0 Å². The van der Waals surface area contributed by atoms with Crippen LogP contribution in [0.5, 0.6) is 0 Å². The van der Waals surface area contributed by atoms with Crippen molar-refractivity contribution in [3.63, 3.8) is 0 Å². The van der Waals surface area contributed by atoms with Gasteiger partial charge in [0.05, 0.1) is 0 Å². The van der Waals surface area contributed by atoms with Crippen LogP contribution in [-0.2, 0) is 0 Å². The van der Waals surface area contributed by atoms with Gasteiger partial charge >= 0.3 is 0 Å². The van der Waals surface area contributed by atoms with Gasteiger partial charge in [-0.05, 0) is 32.4 Å². The van der Waals surface area contributed by atoms with Crippen molar-refractivity contribution in [2.45, 2.75) is 58.8 Å². The Kier molecular flexibility index (Phi) is 6.88. The molecule has 0 radical (unpaired) electrons. The van der Waals surface area contributed by atoms with E-state index in [4.69, 9.17) is 0 Å². The van der Waals surface area contributed by atoms with E-state index in [0.717, 1.165) is 17.7 Å². The van der Waals surface area contributed by atoms with E-state index < -0.39 is 0 Å². The summed E-state index contributed by atoms with van der Waals surface area (Å²) in [7, 11) is 0. The number of nitrogens with one attached hydrogen (secondary N) is 1. The fourth-order valence-electron chi connectivity index (χ4n) is 0.955. The first-order valence-corrected chi connectivity index (χ1v) is 6.76. The van der Waals surface area contributed by atoms with E-state index in [2.05, 4.69) is 58.6 Å². The lowest BCUT2D eigenvalue weighted by Crippen LogP contribution is -2.39. The maximum absolute atomic E-state index is 3.54. The van der Waals surface area contributed by atoms with E-state index in [9.17, 15) is 0 Å². The Morgan fingerprint density at radius 1 is 1.21 bits per heavy atom. The quantitative estimate of drug-likeness (QED) is 0.730. The summed E-state index contributed by atoms with van der Waals surface area (Å²) in [5, 5.41) is 4.27. The van der Waals surface area contributed by atoms with E-state index in [1.807, 2.05) is 0 Å². The Bertz CT molecular complexity index is 140. The van der Waals surface area contributed by atoms with Crippen molar-refractivity contribution in [1.29, 1.82) is 0 Å². The van der Waals surface area contributed by atoms with Crippen LogP contribution in [0.4, 0.5) is 0 Å². The van der Waals surface area contributed by atoms with Gasteiger partial charge in [-0.1, -0.05) is 27.2 Å². The molecular formula is C12H27NS. The van der Waals surface area contributed by atoms with Crippen LogP contribution in [0.15, 0.2) is 0 Å². The van der Waals surface area contributed by atoms with Gasteiger partial charge in [-0.2, -0.15) is 11.8 Å². The zero-order valence-corrected chi connectivity index (χ0v) is 11.5. The summed E-state index contributed by atoms with van der Waals surface area (Å²) in [5.74, 6) is 2.15. The normalized spacial score (nSPS) is 16.7. The summed E-state index contributed by atoms with van der Waals surface area (Å²) in [6, 6.07) is 0. The zero-order valence-electron chi connectivity index (χ0n) is 10.7. The molecule has 0 aromatic heterocycles. The van der Waals surface area contributed by atoms with E-state index >= 15 is 0 Å². The highest BCUT2D eigenvalue weighted by Gasteiger charge is 2.11. The summed E-state index contributed by atoms with van der Waals surface area (Å²) in [6.07, 6.45) is 1.30. The van der Waals surface area contributed by atoms with Gasteiger partial charge in [0.2, 0.25) is 0 Å². The lowest BCUT2D eigenvalue weighted by atomic mass is 10.1. The van der Waals surface area contributed by atoms with Crippen LogP contribution in [0.1, 0.15) is 48.0 Å². The highest BCUT2D eigenvalue weighted by atomic mass is 32.2. The maximum atomic E-state index is 3.54. The molecule has 0 rings (SSSR count). The van der Waals surface area contributed by atoms with E-state index in [-0.39, 0.29) is 5.54 Å². The standard InChI is InChI=1S/C12H27NS/c1-7-10(2)9-14-11(3)8-13-12(4,5)6/h10-11,13H,7-9H2,1-6H3. The molecule has 0 fully saturated rings. The molecule has 0 spiro atoms. The van der Waals surface area contributed by atoms with Crippen LogP contribution in [0.3, 0.4) is 0 Å². The topological polar surface area (TPSA) is 12.0 Å². The van der Waals surface area contributed by atoms with Crippen molar-refractivity contribution in [1.82, 2.24) is 5.32 Å². The Hall–Kier alpha value is 0.310. The number of hydrogen-bond donors (Lipinski definition) is 1.